The summed E-state index contributed by atoms with van der Waals surface area (Å²) in [6.45, 7) is 11.8. The summed E-state index contributed by atoms with van der Waals surface area (Å²) >= 11 is 0. The summed E-state index contributed by atoms with van der Waals surface area (Å²) < 4.78 is 0. The normalized spacial score (nSPS) is 16.6. The molecule has 1 atom stereocenters. The van der Waals surface area contributed by atoms with Crippen LogP contribution in [0.5, 0.6) is 0 Å². The van der Waals surface area contributed by atoms with Gasteiger partial charge in [0.05, 0.1) is 8.07 Å². The highest BCUT2D eigenvalue weighted by Gasteiger charge is 2.40. The van der Waals surface area contributed by atoms with Crippen LogP contribution in [-0.2, 0) is 6.42 Å². The molecule has 1 aliphatic rings. The van der Waals surface area contributed by atoms with Gasteiger partial charge in [0.2, 0.25) is 5.95 Å². The van der Waals surface area contributed by atoms with Gasteiger partial charge in [0.15, 0.2) is 0 Å². The molecular formula is C25H40N4Si. The first kappa shape index (κ1) is 23.0. The predicted octanol–water partition coefficient (Wildman–Crippen LogP) is 5.43. The lowest BCUT2D eigenvalue weighted by Gasteiger charge is -2.47. The third-order valence-electron chi connectivity index (χ3n) is 7.45. The molecule has 0 aliphatic carbocycles. The van der Waals surface area contributed by atoms with Crippen LogP contribution in [0.25, 0.3) is 0 Å². The number of hydrogen-bond acceptors (Lipinski definition) is 4. The Morgan fingerprint density at radius 2 is 1.47 bits per heavy atom. The molecule has 0 spiro atoms. The van der Waals surface area contributed by atoms with Gasteiger partial charge in [0.25, 0.3) is 0 Å². The number of piperazine rings is 1. The van der Waals surface area contributed by atoms with Crippen LogP contribution < -0.4 is 4.90 Å². The van der Waals surface area contributed by atoms with Gasteiger partial charge in [0, 0.05) is 44.2 Å². The Morgan fingerprint density at radius 3 is 2.07 bits per heavy atom. The molecule has 1 saturated heterocycles. The molecule has 1 aromatic heterocycles. The second-order valence-electron chi connectivity index (χ2n) is 8.74. The Bertz CT molecular complexity index is 704. The lowest BCUT2D eigenvalue weighted by molar-refractivity contribution is 0.215. The molecule has 2 aromatic rings. The Balaban J connectivity index is 1.61. The van der Waals surface area contributed by atoms with Crippen molar-refractivity contribution in [3.63, 3.8) is 0 Å². The Hall–Kier alpha value is -1.72. The SMILES string of the molecule is CC[Si](CC)(CC)C(CCCCc1ccccc1)N1CCN(c2ncccn2)CC1. The predicted molar refractivity (Wildman–Crippen MR) is 131 cm³/mol. The van der Waals surface area contributed by atoms with Crippen LogP contribution >= 0.6 is 0 Å². The largest absolute Gasteiger partial charge is 0.338 e. The van der Waals surface area contributed by atoms with E-state index in [0.717, 1.165) is 37.8 Å². The zero-order valence-electron chi connectivity index (χ0n) is 19.3. The standard InChI is InChI=1S/C25H40N4Si/c1-4-30(5-2,6-3)24(16-11-10-15-23-13-8-7-9-14-23)28-19-21-29(22-20-28)25-26-17-12-18-27-25/h7-9,12-14,17-18,24H,4-6,10-11,15-16,19-22H2,1-3H3. The molecular weight excluding hydrogens is 384 g/mol. The molecule has 0 radical (unpaired) electrons. The monoisotopic (exact) mass is 424 g/mol. The average molecular weight is 425 g/mol. The number of rotatable bonds is 11. The van der Waals surface area contributed by atoms with Crippen molar-refractivity contribution in [1.29, 1.82) is 0 Å². The molecule has 3 rings (SSSR count). The van der Waals surface area contributed by atoms with Gasteiger partial charge < -0.3 is 4.90 Å². The summed E-state index contributed by atoms with van der Waals surface area (Å²) in [4.78, 5) is 14.1. The summed E-state index contributed by atoms with van der Waals surface area (Å²) in [6.07, 6.45) is 8.94. The number of aromatic nitrogens is 2. The van der Waals surface area contributed by atoms with E-state index in [1.807, 2.05) is 18.5 Å². The molecule has 0 N–H and O–H groups in total. The number of benzene rings is 1. The van der Waals surface area contributed by atoms with Crippen LogP contribution in [0.4, 0.5) is 5.95 Å². The molecule has 4 nitrogen and oxygen atoms in total. The van der Waals surface area contributed by atoms with E-state index in [1.54, 1.807) is 0 Å². The van der Waals surface area contributed by atoms with Crippen molar-refractivity contribution in [2.24, 2.45) is 0 Å². The fraction of sp³-hybridized carbons (Fsp3) is 0.600. The second kappa shape index (κ2) is 11.6. The summed E-state index contributed by atoms with van der Waals surface area (Å²) in [5.41, 5.74) is 2.29. The zero-order valence-corrected chi connectivity index (χ0v) is 20.3. The van der Waals surface area contributed by atoms with Crippen molar-refractivity contribution in [3.8, 4) is 0 Å². The highest BCUT2D eigenvalue weighted by atomic mass is 28.3. The molecule has 1 fully saturated rings. The first-order valence-corrected chi connectivity index (χ1v) is 14.7. The van der Waals surface area contributed by atoms with Gasteiger partial charge in [-0.15, -0.1) is 0 Å². The van der Waals surface area contributed by atoms with Gasteiger partial charge in [-0.05, 0) is 30.9 Å². The summed E-state index contributed by atoms with van der Waals surface area (Å²) in [6, 6.07) is 17.1. The maximum absolute atomic E-state index is 4.46. The maximum atomic E-state index is 4.46. The van der Waals surface area contributed by atoms with Gasteiger partial charge >= 0.3 is 0 Å². The highest BCUT2D eigenvalue weighted by molar-refractivity contribution is 6.81. The minimum atomic E-state index is -1.29. The average Bonchev–Trinajstić information content (AvgIpc) is 2.83. The van der Waals surface area contributed by atoms with E-state index in [9.17, 15) is 0 Å². The number of aryl methyl sites for hydroxylation is 1. The first-order chi connectivity index (χ1) is 14.7. The summed E-state index contributed by atoms with van der Waals surface area (Å²) in [5.74, 6) is 0.890. The highest BCUT2D eigenvalue weighted by Crippen LogP contribution is 2.32. The maximum Gasteiger partial charge on any atom is 0.225 e. The smallest absolute Gasteiger partial charge is 0.225 e. The second-order valence-corrected chi connectivity index (χ2v) is 14.3. The molecule has 1 aromatic carbocycles. The van der Waals surface area contributed by atoms with Crippen molar-refractivity contribution < 1.29 is 0 Å². The summed E-state index contributed by atoms with van der Waals surface area (Å²) in [7, 11) is -1.29. The van der Waals surface area contributed by atoms with Gasteiger partial charge in [-0.2, -0.15) is 0 Å². The van der Waals surface area contributed by atoms with E-state index < -0.39 is 8.07 Å². The molecule has 0 amide bonds. The van der Waals surface area contributed by atoms with Crippen LogP contribution in [-0.4, -0.2) is 54.8 Å². The third-order valence-corrected chi connectivity index (χ3v) is 13.7. The van der Waals surface area contributed by atoms with Gasteiger partial charge in [-0.3, -0.25) is 4.90 Å². The van der Waals surface area contributed by atoms with Crippen LogP contribution in [0.1, 0.15) is 45.6 Å². The quantitative estimate of drug-likeness (QED) is 0.356. The van der Waals surface area contributed by atoms with Crippen molar-refractivity contribution in [2.45, 2.75) is 70.3 Å². The van der Waals surface area contributed by atoms with Gasteiger partial charge in [0.1, 0.15) is 0 Å². The van der Waals surface area contributed by atoms with Crippen LogP contribution in [0, 0.1) is 0 Å². The molecule has 1 aliphatic heterocycles. The molecule has 164 valence electrons. The molecule has 5 heteroatoms. The van der Waals surface area contributed by atoms with E-state index in [2.05, 4.69) is 70.9 Å². The van der Waals surface area contributed by atoms with Crippen molar-refractivity contribution in [3.05, 3.63) is 54.4 Å². The Labute approximate surface area is 184 Å². The zero-order chi connectivity index (χ0) is 21.2. The molecule has 0 bridgehead atoms. The van der Waals surface area contributed by atoms with Crippen LogP contribution in [0.2, 0.25) is 18.1 Å². The van der Waals surface area contributed by atoms with Crippen molar-refractivity contribution >= 4 is 14.0 Å². The fourth-order valence-corrected chi connectivity index (χ4v) is 10.1. The topological polar surface area (TPSA) is 32.3 Å². The Morgan fingerprint density at radius 1 is 0.833 bits per heavy atom. The van der Waals surface area contributed by atoms with E-state index >= 15 is 0 Å². The lowest BCUT2D eigenvalue weighted by Crippen LogP contribution is -2.60. The van der Waals surface area contributed by atoms with Crippen LogP contribution in [0.3, 0.4) is 0 Å². The number of unbranched alkanes of at least 4 members (excludes halogenated alkanes) is 1. The molecule has 30 heavy (non-hydrogen) atoms. The molecule has 1 unspecified atom stereocenters. The third kappa shape index (κ3) is 5.70. The summed E-state index contributed by atoms with van der Waals surface area (Å²) in [5, 5.41) is 0. The van der Waals surface area contributed by atoms with Gasteiger partial charge in [-0.1, -0.05) is 75.7 Å². The Kier molecular flexibility index (Phi) is 8.88. The minimum Gasteiger partial charge on any atom is -0.338 e. The van der Waals surface area contributed by atoms with Crippen molar-refractivity contribution in [2.75, 3.05) is 31.1 Å². The first-order valence-electron chi connectivity index (χ1n) is 12.0. The number of nitrogens with zero attached hydrogens (tertiary/aromatic N) is 4. The number of hydrogen-bond donors (Lipinski definition) is 0. The fourth-order valence-electron chi connectivity index (χ4n) is 5.33. The van der Waals surface area contributed by atoms with E-state index in [1.165, 1.54) is 49.4 Å². The van der Waals surface area contributed by atoms with E-state index in [4.69, 9.17) is 0 Å². The minimum absolute atomic E-state index is 0.812. The lowest BCUT2D eigenvalue weighted by atomic mass is 10.1. The molecule has 0 saturated carbocycles. The van der Waals surface area contributed by atoms with Crippen molar-refractivity contribution in [1.82, 2.24) is 14.9 Å². The van der Waals surface area contributed by atoms with E-state index in [0.29, 0.717) is 0 Å². The molecule has 2 heterocycles. The number of anilines is 1. The van der Waals surface area contributed by atoms with E-state index in [-0.39, 0.29) is 0 Å². The van der Waals surface area contributed by atoms with Crippen LogP contribution in [0.15, 0.2) is 48.8 Å². The van der Waals surface area contributed by atoms with Gasteiger partial charge in [-0.25, -0.2) is 9.97 Å².